The van der Waals surface area contributed by atoms with Crippen molar-refractivity contribution in [1.29, 1.82) is 0 Å². The minimum atomic E-state index is 0.420. The minimum Gasteiger partial charge on any atom is -0.471 e. The van der Waals surface area contributed by atoms with E-state index in [-0.39, 0.29) is 0 Å². The summed E-state index contributed by atoms with van der Waals surface area (Å²) in [6, 6.07) is 7.72. The zero-order chi connectivity index (χ0) is 13.9. The smallest absolute Gasteiger partial charge is 0.215 e. The van der Waals surface area contributed by atoms with Crippen molar-refractivity contribution in [3.63, 3.8) is 0 Å². The monoisotopic (exact) mass is 288 g/mol. The molecule has 104 valence electrons. The largest absolute Gasteiger partial charge is 0.471 e. The molecule has 3 nitrogen and oxygen atoms in total. The number of halogens is 1. The molecule has 4 heteroatoms. The molecule has 20 heavy (non-hydrogen) atoms. The summed E-state index contributed by atoms with van der Waals surface area (Å²) in [7, 11) is 0. The van der Waals surface area contributed by atoms with E-state index in [0.717, 1.165) is 34.9 Å². The zero-order valence-corrected chi connectivity index (χ0v) is 12.3. The first-order valence-electron chi connectivity index (χ1n) is 6.96. The van der Waals surface area contributed by atoms with Gasteiger partial charge in [-0.25, -0.2) is 4.98 Å². The number of fused-ring (bicyclic) bond motifs is 1. The third kappa shape index (κ3) is 2.93. The van der Waals surface area contributed by atoms with Crippen molar-refractivity contribution in [1.82, 2.24) is 9.97 Å². The van der Waals surface area contributed by atoms with Gasteiger partial charge in [0, 0.05) is 17.5 Å². The summed E-state index contributed by atoms with van der Waals surface area (Å²) >= 11 is 6.32. The SMILES string of the molecule is Cc1cccc(COc2cc(Cl)c3c(n2)CCCC3)n1. The first-order chi connectivity index (χ1) is 9.72. The molecule has 0 aromatic carbocycles. The third-order valence-electron chi connectivity index (χ3n) is 3.54. The fourth-order valence-corrected chi connectivity index (χ4v) is 2.83. The van der Waals surface area contributed by atoms with Gasteiger partial charge >= 0.3 is 0 Å². The van der Waals surface area contributed by atoms with Gasteiger partial charge in [0.1, 0.15) is 6.61 Å². The second-order valence-electron chi connectivity index (χ2n) is 5.13. The molecule has 3 rings (SSSR count). The van der Waals surface area contributed by atoms with Gasteiger partial charge in [0.05, 0.1) is 10.7 Å². The number of hydrogen-bond donors (Lipinski definition) is 0. The van der Waals surface area contributed by atoms with Crippen LogP contribution in [0, 0.1) is 6.92 Å². The van der Waals surface area contributed by atoms with Crippen LogP contribution in [0.25, 0.3) is 0 Å². The first-order valence-corrected chi connectivity index (χ1v) is 7.34. The Morgan fingerprint density at radius 3 is 2.90 bits per heavy atom. The van der Waals surface area contributed by atoms with Gasteiger partial charge in [-0.3, -0.25) is 4.98 Å². The molecular weight excluding hydrogens is 272 g/mol. The van der Waals surface area contributed by atoms with Crippen molar-refractivity contribution in [3.05, 3.63) is 51.9 Å². The van der Waals surface area contributed by atoms with Crippen molar-refractivity contribution in [2.45, 2.75) is 39.2 Å². The van der Waals surface area contributed by atoms with Crippen LogP contribution in [0.5, 0.6) is 5.88 Å². The van der Waals surface area contributed by atoms with Crippen molar-refractivity contribution < 1.29 is 4.74 Å². The molecule has 1 aliphatic rings. The maximum absolute atomic E-state index is 6.32. The Morgan fingerprint density at radius 2 is 2.05 bits per heavy atom. The fraction of sp³-hybridized carbons (Fsp3) is 0.375. The van der Waals surface area contributed by atoms with Gasteiger partial charge < -0.3 is 4.74 Å². The van der Waals surface area contributed by atoms with Crippen LogP contribution in [0.15, 0.2) is 24.3 Å². The second kappa shape index (κ2) is 5.80. The van der Waals surface area contributed by atoms with Crippen molar-refractivity contribution in [3.8, 4) is 5.88 Å². The number of nitrogens with zero attached hydrogens (tertiary/aromatic N) is 2. The maximum atomic E-state index is 6.32. The van der Waals surface area contributed by atoms with Gasteiger partial charge in [-0.2, -0.15) is 0 Å². The molecule has 0 amide bonds. The Hall–Kier alpha value is -1.61. The summed E-state index contributed by atoms with van der Waals surface area (Å²) in [6.45, 7) is 2.39. The van der Waals surface area contributed by atoms with Crippen LogP contribution in [-0.4, -0.2) is 9.97 Å². The Labute approximate surface area is 124 Å². The number of pyridine rings is 2. The lowest BCUT2D eigenvalue weighted by atomic mass is 9.96. The van der Waals surface area contributed by atoms with E-state index in [9.17, 15) is 0 Å². The molecule has 0 N–H and O–H groups in total. The van der Waals surface area contributed by atoms with Crippen molar-refractivity contribution >= 4 is 11.6 Å². The summed E-state index contributed by atoms with van der Waals surface area (Å²) < 4.78 is 5.74. The van der Waals surface area contributed by atoms with E-state index in [1.165, 1.54) is 18.4 Å². The number of aromatic nitrogens is 2. The predicted molar refractivity (Wildman–Crippen MR) is 79.2 cm³/mol. The maximum Gasteiger partial charge on any atom is 0.215 e. The Balaban J connectivity index is 1.76. The number of ether oxygens (including phenoxy) is 1. The highest BCUT2D eigenvalue weighted by Crippen LogP contribution is 2.29. The van der Waals surface area contributed by atoms with E-state index in [2.05, 4.69) is 9.97 Å². The zero-order valence-electron chi connectivity index (χ0n) is 11.5. The lowest BCUT2D eigenvalue weighted by Gasteiger charge is -2.17. The molecule has 0 saturated carbocycles. The molecule has 0 aliphatic heterocycles. The topological polar surface area (TPSA) is 35.0 Å². The average Bonchev–Trinajstić information content (AvgIpc) is 2.45. The molecule has 0 spiro atoms. The second-order valence-corrected chi connectivity index (χ2v) is 5.54. The van der Waals surface area contributed by atoms with E-state index in [1.807, 2.05) is 31.2 Å². The Morgan fingerprint density at radius 1 is 1.20 bits per heavy atom. The molecule has 2 aromatic rings. The van der Waals surface area contributed by atoms with Gasteiger partial charge in [0.15, 0.2) is 0 Å². The molecule has 0 saturated heterocycles. The van der Waals surface area contributed by atoms with Crippen LogP contribution in [0.1, 0.15) is 35.5 Å². The van der Waals surface area contributed by atoms with Crippen LogP contribution in [0.2, 0.25) is 5.02 Å². The molecular formula is C16H17ClN2O. The molecule has 0 atom stereocenters. The summed E-state index contributed by atoms with van der Waals surface area (Å²) in [5.74, 6) is 0.596. The van der Waals surface area contributed by atoms with Gasteiger partial charge in [-0.1, -0.05) is 17.7 Å². The Bertz CT molecular complexity index is 628. The highest BCUT2D eigenvalue weighted by atomic mass is 35.5. The summed E-state index contributed by atoms with van der Waals surface area (Å²) in [6.07, 6.45) is 4.40. The fourth-order valence-electron chi connectivity index (χ4n) is 2.53. The number of aryl methyl sites for hydroxylation is 2. The normalized spacial score (nSPS) is 13.9. The van der Waals surface area contributed by atoms with E-state index >= 15 is 0 Å². The van der Waals surface area contributed by atoms with Gasteiger partial charge in [0.25, 0.3) is 0 Å². The van der Waals surface area contributed by atoms with E-state index in [4.69, 9.17) is 16.3 Å². The average molecular weight is 289 g/mol. The van der Waals surface area contributed by atoms with Crippen molar-refractivity contribution in [2.75, 3.05) is 0 Å². The lowest BCUT2D eigenvalue weighted by Crippen LogP contribution is -2.08. The lowest BCUT2D eigenvalue weighted by molar-refractivity contribution is 0.287. The van der Waals surface area contributed by atoms with Gasteiger partial charge in [-0.15, -0.1) is 0 Å². The number of rotatable bonds is 3. The standard InChI is InChI=1S/C16H17ClN2O/c1-11-5-4-6-12(18-11)10-20-16-9-14(17)13-7-2-3-8-15(13)19-16/h4-6,9H,2-3,7-8,10H2,1H3. The summed E-state index contributed by atoms with van der Waals surface area (Å²) in [4.78, 5) is 8.99. The molecule has 0 radical (unpaired) electrons. The quantitative estimate of drug-likeness (QED) is 0.859. The highest BCUT2D eigenvalue weighted by molar-refractivity contribution is 6.31. The van der Waals surface area contributed by atoms with Crippen molar-refractivity contribution in [2.24, 2.45) is 0 Å². The first kappa shape index (κ1) is 13.4. The van der Waals surface area contributed by atoms with Crippen LogP contribution < -0.4 is 4.74 Å². The van der Waals surface area contributed by atoms with E-state index in [1.54, 1.807) is 0 Å². The van der Waals surface area contributed by atoms with E-state index in [0.29, 0.717) is 12.5 Å². The molecule has 2 aromatic heterocycles. The highest BCUT2D eigenvalue weighted by Gasteiger charge is 2.15. The van der Waals surface area contributed by atoms with Gasteiger partial charge in [-0.05, 0) is 50.3 Å². The van der Waals surface area contributed by atoms with E-state index < -0.39 is 0 Å². The van der Waals surface area contributed by atoms with Crippen LogP contribution in [0.3, 0.4) is 0 Å². The third-order valence-corrected chi connectivity index (χ3v) is 3.87. The van der Waals surface area contributed by atoms with Crippen LogP contribution in [0.4, 0.5) is 0 Å². The number of hydrogen-bond acceptors (Lipinski definition) is 3. The molecule has 0 fully saturated rings. The summed E-state index contributed by atoms with van der Waals surface area (Å²) in [5.41, 5.74) is 4.18. The minimum absolute atomic E-state index is 0.420. The van der Waals surface area contributed by atoms with Crippen LogP contribution in [-0.2, 0) is 19.4 Å². The molecule has 2 heterocycles. The van der Waals surface area contributed by atoms with Crippen LogP contribution >= 0.6 is 11.6 Å². The Kier molecular flexibility index (Phi) is 3.88. The molecule has 1 aliphatic carbocycles. The predicted octanol–water partition coefficient (Wildman–Crippen LogP) is 3.90. The summed E-state index contributed by atoms with van der Waals surface area (Å²) in [5, 5.41) is 0.780. The molecule has 0 unspecified atom stereocenters. The van der Waals surface area contributed by atoms with Gasteiger partial charge in [0.2, 0.25) is 5.88 Å². The molecule has 0 bridgehead atoms.